The Labute approximate surface area is 138 Å². The highest BCUT2D eigenvalue weighted by molar-refractivity contribution is 5.69. The number of methoxy groups -OCH3 is 1. The molecule has 2 rings (SSSR count). The lowest BCUT2D eigenvalue weighted by molar-refractivity contribution is -0.140. The molecular weight excluding hydrogens is 288 g/mol. The second-order valence-corrected chi connectivity index (χ2v) is 5.48. The lowest BCUT2D eigenvalue weighted by atomic mass is 10.1. The summed E-state index contributed by atoms with van der Waals surface area (Å²) < 4.78 is 10.4. The monoisotopic (exact) mass is 312 g/mol. The van der Waals surface area contributed by atoms with E-state index in [1.807, 2.05) is 30.3 Å². The molecule has 0 unspecified atom stereocenters. The molecule has 0 saturated carbocycles. The summed E-state index contributed by atoms with van der Waals surface area (Å²) in [7, 11) is 1.43. The van der Waals surface area contributed by atoms with Crippen molar-refractivity contribution < 1.29 is 14.3 Å². The third-order valence-corrected chi connectivity index (χ3v) is 3.73. The molecule has 0 aromatic heterocycles. The summed E-state index contributed by atoms with van der Waals surface area (Å²) in [6.45, 7) is 0.711. The Bertz CT molecular complexity index is 576. The molecule has 2 aromatic carbocycles. The van der Waals surface area contributed by atoms with E-state index in [4.69, 9.17) is 4.74 Å². The van der Waals surface area contributed by atoms with E-state index in [0.29, 0.717) is 13.0 Å². The average molecular weight is 312 g/mol. The first kappa shape index (κ1) is 17.1. The van der Waals surface area contributed by atoms with E-state index in [-0.39, 0.29) is 5.97 Å². The first-order valence-corrected chi connectivity index (χ1v) is 8.14. The van der Waals surface area contributed by atoms with Gasteiger partial charge in [0.05, 0.1) is 13.7 Å². The summed E-state index contributed by atoms with van der Waals surface area (Å²) in [6, 6.07) is 18.5. The van der Waals surface area contributed by atoms with Crippen molar-refractivity contribution in [2.24, 2.45) is 0 Å². The lowest BCUT2D eigenvalue weighted by Crippen LogP contribution is -2.00. The minimum atomic E-state index is -0.125. The van der Waals surface area contributed by atoms with Gasteiger partial charge in [0.1, 0.15) is 5.75 Å². The zero-order valence-corrected chi connectivity index (χ0v) is 13.7. The number of benzene rings is 2. The molecule has 23 heavy (non-hydrogen) atoms. The van der Waals surface area contributed by atoms with Gasteiger partial charge in [-0.25, -0.2) is 0 Å². The summed E-state index contributed by atoms with van der Waals surface area (Å²) >= 11 is 0. The molecule has 2 aromatic rings. The Kier molecular flexibility index (Phi) is 7.18. The normalized spacial score (nSPS) is 10.3. The van der Waals surface area contributed by atoms with Crippen LogP contribution in [0.25, 0.3) is 11.1 Å². The largest absolute Gasteiger partial charge is 0.494 e. The second-order valence-electron chi connectivity index (χ2n) is 5.48. The van der Waals surface area contributed by atoms with E-state index < -0.39 is 0 Å². The van der Waals surface area contributed by atoms with Crippen molar-refractivity contribution >= 4 is 5.97 Å². The van der Waals surface area contributed by atoms with Crippen molar-refractivity contribution in [3.05, 3.63) is 54.6 Å². The smallest absolute Gasteiger partial charge is 0.305 e. The van der Waals surface area contributed by atoms with Gasteiger partial charge in [-0.15, -0.1) is 0 Å². The van der Waals surface area contributed by atoms with E-state index in [1.165, 1.54) is 18.2 Å². The molecule has 0 aliphatic rings. The molecule has 0 atom stereocenters. The first-order valence-electron chi connectivity index (χ1n) is 8.14. The zero-order chi connectivity index (χ0) is 16.3. The Hall–Kier alpha value is -2.29. The van der Waals surface area contributed by atoms with Crippen LogP contribution in [0.15, 0.2) is 54.6 Å². The van der Waals surface area contributed by atoms with Gasteiger partial charge in [0.15, 0.2) is 0 Å². The van der Waals surface area contributed by atoms with E-state index >= 15 is 0 Å². The summed E-state index contributed by atoms with van der Waals surface area (Å²) in [4.78, 5) is 11.0. The molecule has 0 spiro atoms. The van der Waals surface area contributed by atoms with Gasteiger partial charge in [-0.2, -0.15) is 0 Å². The van der Waals surface area contributed by atoms with Crippen LogP contribution in [-0.4, -0.2) is 19.7 Å². The average Bonchev–Trinajstić information content (AvgIpc) is 2.62. The fraction of sp³-hybridized carbons (Fsp3) is 0.350. The van der Waals surface area contributed by atoms with Crippen molar-refractivity contribution in [2.45, 2.75) is 32.1 Å². The summed E-state index contributed by atoms with van der Waals surface area (Å²) in [5, 5.41) is 0. The van der Waals surface area contributed by atoms with Crippen molar-refractivity contribution in [3.63, 3.8) is 0 Å². The van der Waals surface area contributed by atoms with E-state index in [9.17, 15) is 4.79 Å². The summed E-state index contributed by atoms with van der Waals surface area (Å²) in [5.74, 6) is 0.777. The van der Waals surface area contributed by atoms with Crippen LogP contribution in [-0.2, 0) is 9.53 Å². The molecule has 0 heterocycles. The molecule has 0 N–H and O–H groups in total. The molecule has 0 radical (unpaired) electrons. The summed E-state index contributed by atoms with van der Waals surface area (Å²) in [5.41, 5.74) is 2.41. The third-order valence-electron chi connectivity index (χ3n) is 3.73. The van der Waals surface area contributed by atoms with E-state index in [2.05, 4.69) is 29.0 Å². The molecule has 0 fully saturated rings. The predicted molar refractivity (Wildman–Crippen MR) is 92.5 cm³/mol. The van der Waals surface area contributed by atoms with Crippen molar-refractivity contribution in [1.29, 1.82) is 0 Å². The van der Waals surface area contributed by atoms with Gasteiger partial charge < -0.3 is 9.47 Å². The first-order chi connectivity index (χ1) is 11.3. The minimum Gasteiger partial charge on any atom is -0.494 e. The van der Waals surface area contributed by atoms with Gasteiger partial charge in [0.2, 0.25) is 0 Å². The topological polar surface area (TPSA) is 35.5 Å². The van der Waals surface area contributed by atoms with Gasteiger partial charge in [-0.05, 0) is 36.1 Å². The lowest BCUT2D eigenvalue weighted by Gasteiger charge is -2.07. The number of hydrogen-bond acceptors (Lipinski definition) is 3. The van der Waals surface area contributed by atoms with E-state index in [0.717, 1.165) is 31.4 Å². The standard InChI is InChI=1S/C20H24O3/c1-22-20(21)11-7-2-3-8-16-23-19-14-12-18(13-15-19)17-9-5-4-6-10-17/h4-6,9-10,12-15H,2-3,7-8,11,16H2,1H3. The maximum absolute atomic E-state index is 11.0. The molecule has 0 saturated heterocycles. The van der Waals surface area contributed by atoms with Crippen LogP contribution >= 0.6 is 0 Å². The van der Waals surface area contributed by atoms with Crippen LogP contribution in [0.5, 0.6) is 5.75 Å². The Morgan fingerprint density at radius 1 is 0.826 bits per heavy atom. The van der Waals surface area contributed by atoms with Crippen molar-refractivity contribution in [1.82, 2.24) is 0 Å². The Morgan fingerprint density at radius 3 is 2.17 bits per heavy atom. The fourth-order valence-corrected chi connectivity index (χ4v) is 2.39. The maximum Gasteiger partial charge on any atom is 0.305 e. The fourth-order valence-electron chi connectivity index (χ4n) is 2.39. The van der Waals surface area contributed by atoms with Gasteiger partial charge in [0.25, 0.3) is 0 Å². The van der Waals surface area contributed by atoms with Crippen LogP contribution in [0.4, 0.5) is 0 Å². The highest BCUT2D eigenvalue weighted by Gasteiger charge is 2.00. The molecular formula is C20H24O3. The quantitative estimate of drug-likeness (QED) is 0.490. The summed E-state index contributed by atoms with van der Waals surface area (Å²) in [6.07, 6.45) is 4.50. The Balaban J connectivity index is 1.64. The number of rotatable bonds is 9. The molecule has 3 nitrogen and oxygen atoms in total. The number of carbonyl (C=O) groups is 1. The minimum absolute atomic E-state index is 0.125. The van der Waals surface area contributed by atoms with Crippen molar-refractivity contribution in [3.8, 4) is 16.9 Å². The van der Waals surface area contributed by atoms with Crippen LogP contribution in [0.3, 0.4) is 0 Å². The molecule has 0 aliphatic carbocycles. The van der Waals surface area contributed by atoms with E-state index in [1.54, 1.807) is 0 Å². The van der Waals surface area contributed by atoms with Crippen LogP contribution in [0.1, 0.15) is 32.1 Å². The number of ether oxygens (including phenoxy) is 2. The number of carbonyl (C=O) groups excluding carboxylic acids is 1. The molecule has 0 aliphatic heterocycles. The van der Waals surface area contributed by atoms with Crippen LogP contribution in [0.2, 0.25) is 0 Å². The number of hydrogen-bond donors (Lipinski definition) is 0. The number of esters is 1. The van der Waals surface area contributed by atoms with Gasteiger partial charge in [0, 0.05) is 6.42 Å². The highest BCUT2D eigenvalue weighted by Crippen LogP contribution is 2.22. The highest BCUT2D eigenvalue weighted by atomic mass is 16.5. The second kappa shape index (κ2) is 9.67. The molecule has 122 valence electrons. The Morgan fingerprint density at radius 2 is 1.48 bits per heavy atom. The molecule has 0 bridgehead atoms. The van der Waals surface area contributed by atoms with Gasteiger partial charge in [-0.3, -0.25) is 4.79 Å². The van der Waals surface area contributed by atoms with Crippen LogP contribution < -0.4 is 4.74 Å². The molecule has 0 amide bonds. The van der Waals surface area contributed by atoms with Crippen LogP contribution in [0, 0.1) is 0 Å². The van der Waals surface area contributed by atoms with Gasteiger partial charge in [-0.1, -0.05) is 55.3 Å². The predicted octanol–water partition coefficient (Wildman–Crippen LogP) is 4.86. The van der Waals surface area contributed by atoms with Gasteiger partial charge >= 0.3 is 5.97 Å². The third kappa shape index (κ3) is 6.15. The SMILES string of the molecule is COC(=O)CCCCCCOc1ccc(-c2ccccc2)cc1. The maximum atomic E-state index is 11.0. The zero-order valence-electron chi connectivity index (χ0n) is 13.7. The number of unbranched alkanes of at least 4 members (excludes halogenated alkanes) is 3. The molecule has 3 heteroatoms. The van der Waals surface area contributed by atoms with Crippen molar-refractivity contribution in [2.75, 3.05) is 13.7 Å².